The fraction of sp³-hybridized carbons (Fsp3) is 0.200. The number of aromatic nitrogens is 2. The topological polar surface area (TPSA) is 92.0 Å². The number of carbonyl (C=O) groups is 1. The van der Waals surface area contributed by atoms with Gasteiger partial charge in [0.2, 0.25) is 0 Å². The van der Waals surface area contributed by atoms with Gasteiger partial charge in [0.05, 0.1) is 16.7 Å². The summed E-state index contributed by atoms with van der Waals surface area (Å²) in [5.74, 6) is -1.02. The van der Waals surface area contributed by atoms with Crippen LogP contribution in [0.25, 0.3) is 10.9 Å². The maximum absolute atomic E-state index is 10.6. The second-order valence-corrected chi connectivity index (χ2v) is 3.97. The van der Waals surface area contributed by atoms with E-state index < -0.39 is 12.0 Å². The van der Waals surface area contributed by atoms with Crippen LogP contribution in [0.15, 0.2) is 18.3 Å². The van der Waals surface area contributed by atoms with Crippen LogP contribution in [0, 0.1) is 0 Å². The van der Waals surface area contributed by atoms with Crippen molar-refractivity contribution in [2.75, 3.05) is 0 Å². The van der Waals surface area contributed by atoms with E-state index >= 15 is 0 Å². The minimum atomic E-state index is -1.02. The Balaban J connectivity index is 2.35. The van der Waals surface area contributed by atoms with E-state index in [1.54, 1.807) is 12.3 Å². The molecule has 1 atom stereocenters. The van der Waals surface area contributed by atoms with Crippen molar-refractivity contribution >= 4 is 28.5 Å². The molecule has 84 valence electrons. The van der Waals surface area contributed by atoms with Crippen LogP contribution < -0.4 is 5.73 Å². The van der Waals surface area contributed by atoms with Crippen molar-refractivity contribution in [3.05, 3.63) is 28.9 Å². The molecule has 1 aromatic carbocycles. The largest absolute Gasteiger partial charge is 0.480 e. The predicted octanol–water partition coefficient (Wildman–Crippen LogP) is 1.17. The number of nitrogens with two attached hydrogens (primary N) is 1. The molecule has 0 saturated carbocycles. The van der Waals surface area contributed by atoms with Crippen molar-refractivity contribution in [2.45, 2.75) is 12.5 Å². The number of nitrogens with one attached hydrogen (secondary N) is 1. The van der Waals surface area contributed by atoms with E-state index in [1.165, 1.54) is 0 Å². The van der Waals surface area contributed by atoms with E-state index in [1.807, 2.05) is 6.07 Å². The number of H-pyrrole nitrogens is 1. The lowest BCUT2D eigenvalue weighted by Gasteiger charge is -2.07. The zero-order valence-electron chi connectivity index (χ0n) is 8.27. The first kappa shape index (κ1) is 10.9. The van der Waals surface area contributed by atoms with Crippen molar-refractivity contribution in [1.82, 2.24) is 10.2 Å². The Kier molecular flexibility index (Phi) is 2.80. The number of carboxylic acids is 1. The highest BCUT2D eigenvalue weighted by atomic mass is 35.5. The quantitative estimate of drug-likeness (QED) is 0.750. The Morgan fingerprint density at radius 1 is 1.62 bits per heavy atom. The van der Waals surface area contributed by atoms with Gasteiger partial charge in [0.1, 0.15) is 6.04 Å². The van der Waals surface area contributed by atoms with Crippen LogP contribution in [-0.2, 0) is 11.2 Å². The minimum Gasteiger partial charge on any atom is -0.480 e. The second kappa shape index (κ2) is 4.11. The Morgan fingerprint density at radius 3 is 3.06 bits per heavy atom. The summed E-state index contributed by atoms with van der Waals surface area (Å²) in [6.45, 7) is 0. The Labute approximate surface area is 96.2 Å². The molecule has 0 amide bonds. The number of fused-ring (bicyclic) bond motifs is 1. The van der Waals surface area contributed by atoms with Crippen molar-refractivity contribution in [3.8, 4) is 0 Å². The van der Waals surface area contributed by atoms with E-state index in [9.17, 15) is 4.79 Å². The molecule has 0 radical (unpaired) electrons. The third-order valence-electron chi connectivity index (χ3n) is 2.33. The van der Waals surface area contributed by atoms with Crippen molar-refractivity contribution in [2.24, 2.45) is 5.73 Å². The fourth-order valence-electron chi connectivity index (χ4n) is 1.53. The molecule has 0 aliphatic rings. The third kappa shape index (κ3) is 2.00. The van der Waals surface area contributed by atoms with Crippen LogP contribution in [0.1, 0.15) is 5.56 Å². The smallest absolute Gasteiger partial charge is 0.320 e. The number of aromatic amines is 1. The highest BCUT2D eigenvalue weighted by Gasteiger charge is 2.13. The molecule has 2 aromatic rings. The molecule has 0 bridgehead atoms. The highest BCUT2D eigenvalue weighted by molar-refractivity contribution is 6.35. The molecule has 16 heavy (non-hydrogen) atoms. The van der Waals surface area contributed by atoms with Gasteiger partial charge in [-0.1, -0.05) is 11.6 Å². The van der Waals surface area contributed by atoms with Gasteiger partial charge in [-0.3, -0.25) is 9.89 Å². The van der Waals surface area contributed by atoms with E-state index in [0.717, 1.165) is 16.5 Å². The zero-order chi connectivity index (χ0) is 11.7. The van der Waals surface area contributed by atoms with Crippen molar-refractivity contribution in [3.63, 3.8) is 0 Å². The third-order valence-corrected chi connectivity index (χ3v) is 2.63. The van der Waals surface area contributed by atoms with E-state index in [4.69, 9.17) is 22.4 Å². The molecule has 0 spiro atoms. The highest BCUT2D eigenvalue weighted by Crippen LogP contribution is 2.23. The summed E-state index contributed by atoms with van der Waals surface area (Å²) in [7, 11) is 0. The first-order valence-corrected chi connectivity index (χ1v) is 5.05. The van der Waals surface area contributed by atoms with Crippen LogP contribution in [-0.4, -0.2) is 27.3 Å². The summed E-state index contributed by atoms with van der Waals surface area (Å²) < 4.78 is 0. The molecule has 0 saturated heterocycles. The molecular weight excluding hydrogens is 230 g/mol. The molecule has 1 heterocycles. The van der Waals surface area contributed by atoms with Gasteiger partial charge in [0, 0.05) is 5.39 Å². The maximum Gasteiger partial charge on any atom is 0.320 e. The summed E-state index contributed by atoms with van der Waals surface area (Å²) >= 11 is 6.01. The zero-order valence-corrected chi connectivity index (χ0v) is 9.03. The molecule has 5 nitrogen and oxygen atoms in total. The lowest BCUT2D eigenvalue weighted by Crippen LogP contribution is -2.32. The van der Waals surface area contributed by atoms with Crippen LogP contribution >= 0.6 is 11.6 Å². The number of nitrogens with zero attached hydrogens (tertiary/aromatic N) is 1. The summed E-state index contributed by atoms with van der Waals surface area (Å²) in [5, 5.41) is 16.7. The summed E-state index contributed by atoms with van der Waals surface area (Å²) in [5.41, 5.74) is 6.98. The molecule has 0 aliphatic heterocycles. The van der Waals surface area contributed by atoms with Gasteiger partial charge in [-0.25, -0.2) is 0 Å². The first-order chi connectivity index (χ1) is 7.58. The van der Waals surface area contributed by atoms with Gasteiger partial charge in [-0.2, -0.15) is 5.10 Å². The van der Waals surface area contributed by atoms with Gasteiger partial charge in [0.25, 0.3) is 0 Å². The Hall–Kier alpha value is -1.59. The van der Waals surface area contributed by atoms with Crippen molar-refractivity contribution < 1.29 is 9.90 Å². The number of carboxylic acid groups (broad SMARTS) is 1. The fourth-order valence-corrected chi connectivity index (χ4v) is 1.82. The monoisotopic (exact) mass is 239 g/mol. The molecular formula is C10H10ClN3O2. The van der Waals surface area contributed by atoms with Crippen LogP contribution in [0.4, 0.5) is 0 Å². The average Bonchev–Trinajstić information content (AvgIpc) is 2.65. The van der Waals surface area contributed by atoms with Crippen molar-refractivity contribution in [1.29, 1.82) is 0 Å². The molecule has 4 N–H and O–H groups in total. The van der Waals surface area contributed by atoms with E-state index in [-0.39, 0.29) is 6.42 Å². The molecule has 6 heteroatoms. The lowest BCUT2D eigenvalue weighted by atomic mass is 10.1. The van der Waals surface area contributed by atoms with Gasteiger partial charge < -0.3 is 10.8 Å². The second-order valence-electron chi connectivity index (χ2n) is 3.56. The normalized spacial score (nSPS) is 12.9. The Morgan fingerprint density at radius 2 is 2.38 bits per heavy atom. The number of hydrogen-bond acceptors (Lipinski definition) is 3. The van der Waals surface area contributed by atoms with E-state index in [2.05, 4.69) is 10.2 Å². The molecule has 1 aromatic heterocycles. The van der Waals surface area contributed by atoms with Crippen LogP contribution in [0.3, 0.4) is 0 Å². The standard InChI is InChI=1S/C10H10ClN3O2/c11-7-2-5(3-8(12)10(15)16)1-6-4-13-14-9(6)7/h1-2,4,8H,3,12H2,(H,13,14)(H,15,16). The van der Waals surface area contributed by atoms with Gasteiger partial charge in [0.15, 0.2) is 0 Å². The number of halogens is 1. The van der Waals surface area contributed by atoms with Gasteiger partial charge in [-0.15, -0.1) is 0 Å². The van der Waals surface area contributed by atoms with E-state index in [0.29, 0.717) is 5.02 Å². The molecule has 1 unspecified atom stereocenters. The molecule has 2 rings (SSSR count). The number of hydrogen-bond donors (Lipinski definition) is 3. The maximum atomic E-state index is 10.6. The summed E-state index contributed by atoms with van der Waals surface area (Å²) in [4.78, 5) is 10.6. The predicted molar refractivity (Wildman–Crippen MR) is 60.4 cm³/mol. The first-order valence-electron chi connectivity index (χ1n) is 4.68. The minimum absolute atomic E-state index is 0.246. The van der Waals surface area contributed by atoms with Gasteiger partial charge in [-0.05, 0) is 24.1 Å². The van der Waals surface area contributed by atoms with Crippen LogP contribution in [0.2, 0.25) is 5.02 Å². The number of benzene rings is 1. The van der Waals surface area contributed by atoms with Crippen LogP contribution in [0.5, 0.6) is 0 Å². The number of rotatable bonds is 3. The summed E-state index contributed by atoms with van der Waals surface area (Å²) in [6.07, 6.45) is 1.88. The lowest BCUT2D eigenvalue weighted by molar-refractivity contribution is -0.138. The molecule has 0 aliphatic carbocycles. The van der Waals surface area contributed by atoms with Gasteiger partial charge >= 0.3 is 5.97 Å². The number of aliphatic carboxylic acids is 1. The average molecular weight is 240 g/mol. The summed E-state index contributed by atoms with van der Waals surface area (Å²) in [6, 6.07) is 2.61. The molecule has 0 fully saturated rings. The SMILES string of the molecule is NC(Cc1cc(Cl)c2[nH]ncc2c1)C(=O)O. The Bertz CT molecular complexity index is 538.